The van der Waals surface area contributed by atoms with Crippen molar-refractivity contribution in [1.82, 2.24) is 19.6 Å². The van der Waals surface area contributed by atoms with Crippen LogP contribution in [0.2, 0.25) is 0 Å². The normalized spacial score (nSPS) is 17.1. The predicted octanol–water partition coefficient (Wildman–Crippen LogP) is 4.63. The average Bonchev–Trinajstić information content (AvgIpc) is 3.02. The van der Waals surface area contributed by atoms with Gasteiger partial charge in [0.2, 0.25) is 0 Å². The van der Waals surface area contributed by atoms with Gasteiger partial charge in [0.05, 0.1) is 0 Å². The van der Waals surface area contributed by atoms with Crippen LogP contribution in [-0.2, 0) is 0 Å². The van der Waals surface area contributed by atoms with Crippen molar-refractivity contribution >= 4 is 24.0 Å². The lowest BCUT2D eigenvalue weighted by atomic mass is 10.1. The van der Waals surface area contributed by atoms with E-state index in [0.29, 0.717) is 37.3 Å². The molecule has 0 radical (unpaired) electrons. The molecule has 40 heavy (non-hydrogen) atoms. The number of hydrogen-bond acceptors (Lipinski definition) is 4. The molecule has 3 aromatic rings. The minimum absolute atomic E-state index is 0.00384. The van der Waals surface area contributed by atoms with Gasteiger partial charge < -0.3 is 9.80 Å². The van der Waals surface area contributed by atoms with Gasteiger partial charge in [-0.15, -0.1) is 0 Å². The van der Waals surface area contributed by atoms with Gasteiger partial charge in [-0.1, -0.05) is 91.0 Å². The molecule has 5 rings (SSSR count). The van der Waals surface area contributed by atoms with E-state index in [9.17, 15) is 9.59 Å². The molecular formula is C34H38N4O2. The van der Waals surface area contributed by atoms with Crippen LogP contribution in [0.3, 0.4) is 0 Å². The van der Waals surface area contributed by atoms with Crippen molar-refractivity contribution in [3.05, 3.63) is 119 Å². The average molecular weight is 535 g/mol. The minimum Gasteiger partial charge on any atom is -0.336 e. The summed E-state index contributed by atoms with van der Waals surface area (Å²) < 4.78 is 0. The Morgan fingerprint density at radius 3 is 1.32 bits per heavy atom. The molecule has 2 saturated heterocycles. The Hall–Kier alpha value is -4.00. The molecule has 0 N–H and O–H groups in total. The molecule has 6 nitrogen and oxygen atoms in total. The van der Waals surface area contributed by atoms with Crippen molar-refractivity contribution in [2.45, 2.75) is 0 Å². The molecule has 0 atom stereocenters. The van der Waals surface area contributed by atoms with E-state index in [1.54, 1.807) is 6.07 Å². The van der Waals surface area contributed by atoms with E-state index in [2.05, 4.69) is 58.4 Å². The summed E-state index contributed by atoms with van der Waals surface area (Å²) >= 11 is 0. The zero-order valence-electron chi connectivity index (χ0n) is 23.1. The van der Waals surface area contributed by atoms with Crippen molar-refractivity contribution in [2.24, 2.45) is 0 Å². The molecule has 2 aliphatic rings. The highest BCUT2D eigenvalue weighted by Crippen LogP contribution is 2.15. The molecule has 2 fully saturated rings. The Labute approximate surface area is 237 Å². The van der Waals surface area contributed by atoms with Crippen LogP contribution in [0.15, 0.2) is 97.1 Å². The van der Waals surface area contributed by atoms with Gasteiger partial charge in [-0.3, -0.25) is 19.4 Å². The molecule has 2 aliphatic heterocycles. The van der Waals surface area contributed by atoms with Crippen LogP contribution < -0.4 is 0 Å². The van der Waals surface area contributed by atoms with Gasteiger partial charge in [-0.25, -0.2) is 0 Å². The number of nitrogens with zero attached hydrogens (tertiary/aromatic N) is 4. The number of hydrogen-bond donors (Lipinski definition) is 0. The van der Waals surface area contributed by atoms with Crippen LogP contribution in [-0.4, -0.2) is 96.9 Å². The molecule has 0 bridgehead atoms. The van der Waals surface area contributed by atoms with Gasteiger partial charge in [-0.05, 0) is 29.3 Å². The zero-order valence-corrected chi connectivity index (χ0v) is 23.1. The van der Waals surface area contributed by atoms with Crippen molar-refractivity contribution < 1.29 is 9.59 Å². The second kappa shape index (κ2) is 13.9. The van der Waals surface area contributed by atoms with E-state index < -0.39 is 0 Å². The smallest absolute Gasteiger partial charge is 0.253 e. The molecule has 0 saturated carbocycles. The molecule has 0 aromatic heterocycles. The highest BCUT2D eigenvalue weighted by molar-refractivity contribution is 5.99. The fourth-order valence-corrected chi connectivity index (χ4v) is 5.22. The van der Waals surface area contributed by atoms with Gasteiger partial charge >= 0.3 is 0 Å². The Balaban J connectivity index is 1.08. The molecule has 3 aromatic carbocycles. The van der Waals surface area contributed by atoms with Crippen LogP contribution >= 0.6 is 0 Å². The minimum atomic E-state index is 0.00384. The van der Waals surface area contributed by atoms with Crippen LogP contribution in [0.1, 0.15) is 31.8 Å². The fourth-order valence-electron chi connectivity index (χ4n) is 5.22. The van der Waals surface area contributed by atoms with Crippen LogP contribution in [0.4, 0.5) is 0 Å². The maximum Gasteiger partial charge on any atom is 0.253 e. The Kier molecular flexibility index (Phi) is 9.56. The Morgan fingerprint density at radius 1 is 0.525 bits per heavy atom. The summed E-state index contributed by atoms with van der Waals surface area (Å²) in [6.07, 6.45) is 8.65. The van der Waals surface area contributed by atoms with Crippen LogP contribution in [0.25, 0.3) is 12.2 Å². The van der Waals surface area contributed by atoms with Crippen LogP contribution in [0, 0.1) is 0 Å². The maximum absolute atomic E-state index is 13.3. The first-order chi connectivity index (χ1) is 19.7. The van der Waals surface area contributed by atoms with Gasteiger partial charge in [0.25, 0.3) is 11.8 Å². The fraction of sp³-hybridized carbons (Fsp3) is 0.294. The van der Waals surface area contributed by atoms with Crippen LogP contribution in [0.5, 0.6) is 0 Å². The van der Waals surface area contributed by atoms with Crippen molar-refractivity contribution in [3.8, 4) is 0 Å². The maximum atomic E-state index is 13.3. The van der Waals surface area contributed by atoms with E-state index in [4.69, 9.17) is 0 Å². The topological polar surface area (TPSA) is 47.1 Å². The number of benzene rings is 3. The first-order valence-corrected chi connectivity index (χ1v) is 14.2. The SMILES string of the molecule is O=C(c1cccc(C(=O)N2CCN(CC=Cc3ccccc3)CC2)c1)N1CCN(CC=Cc2ccccc2)CC1. The molecule has 2 heterocycles. The Morgan fingerprint density at radius 2 is 0.925 bits per heavy atom. The second-order valence-electron chi connectivity index (χ2n) is 10.4. The summed E-state index contributed by atoms with van der Waals surface area (Å²) in [6, 6.07) is 27.8. The van der Waals surface area contributed by atoms with Crippen molar-refractivity contribution in [2.75, 3.05) is 65.4 Å². The second-order valence-corrected chi connectivity index (χ2v) is 10.4. The summed E-state index contributed by atoms with van der Waals surface area (Å²) in [5, 5.41) is 0. The third kappa shape index (κ3) is 7.56. The summed E-state index contributed by atoms with van der Waals surface area (Å²) in [5.41, 5.74) is 3.58. The molecule has 6 heteroatoms. The summed E-state index contributed by atoms with van der Waals surface area (Å²) in [6.45, 7) is 7.88. The van der Waals surface area contributed by atoms with E-state index in [1.807, 2.05) is 64.4 Å². The van der Waals surface area contributed by atoms with E-state index in [0.717, 1.165) is 39.3 Å². The van der Waals surface area contributed by atoms with Crippen molar-refractivity contribution in [3.63, 3.8) is 0 Å². The van der Waals surface area contributed by atoms with Gasteiger partial charge in [0.1, 0.15) is 0 Å². The van der Waals surface area contributed by atoms with Gasteiger partial charge in [0, 0.05) is 76.6 Å². The largest absolute Gasteiger partial charge is 0.336 e. The summed E-state index contributed by atoms with van der Waals surface area (Å²) in [4.78, 5) is 35.0. The summed E-state index contributed by atoms with van der Waals surface area (Å²) in [5.74, 6) is 0.00769. The monoisotopic (exact) mass is 534 g/mol. The number of amides is 2. The quantitative estimate of drug-likeness (QED) is 0.423. The highest BCUT2D eigenvalue weighted by atomic mass is 16.2. The number of carbonyl (C=O) groups is 2. The van der Waals surface area contributed by atoms with Gasteiger partial charge in [0.15, 0.2) is 0 Å². The summed E-state index contributed by atoms with van der Waals surface area (Å²) in [7, 11) is 0. The highest BCUT2D eigenvalue weighted by Gasteiger charge is 2.25. The van der Waals surface area contributed by atoms with E-state index in [-0.39, 0.29) is 11.8 Å². The molecule has 0 aliphatic carbocycles. The predicted molar refractivity (Wildman–Crippen MR) is 162 cm³/mol. The number of rotatable bonds is 8. The standard InChI is InChI=1S/C34H38N4O2/c39-33(37-24-20-35(21-25-37)18-8-14-29-10-3-1-4-11-29)31-16-7-17-32(28-31)34(40)38-26-22-36(23-27-38)19-9-15-30-12-5-2-6-13-30/h1-17,28H,18-27H2. The number of piperazine rings is 2. The lowest BCUT2D eigenvalue weighted by molar-refractivity contribution is 0.0648. The first-order valence-electron chi connectivity index (χ1n) is 14.2. The van der Waals surface area contributed by atoms with E-state index in [1.165, 1.54) is 11.1 Å². The molecule has 2 amide bonds. The Bertz CT molecular complexity index is 1210. The molecule has 0 spiro atoms. The van der Waals surface area contributed by atoms with Gasteiger partial charge in [-0.2, -0.15) is 0 Å². The third-order valence-electron chi connectivity index (χ3n) is 7.62. The zero-order chi connectivity index (χ0) is 27.6. The lowest BCUT2D eigenvalue weighted by Crippen LogP contribution is -2.49. The van der Waals surface area contributed by atoms with E-state index >= 15 is 0 Å². The van der Waals surface area contributed by atoms with Crippen molar-refractivity contribution in [1.29, 1.82) is 0 Å². The number of carbonyl (C=O) groups excluding carboxylic acids is 2. The molecular weight excluding hydrogens is 496 g/mol. The third-order valence-corrected chi connectivity index (χ3v) is 7.62. The molecule has 206 valence electrons. The lowest BCUT2D eigenvalue weighted by Gasteiger charge is -2.35. The first kappa shape index (κ1) is 27.6. The molecule has 0 unspecified atom stereocenters.